The molecule has 0 aliphatic heterocycles. The lowest BCUT2D eigenvalue weighted by Gasteiger charge is -2.10. The molecule has 2 nitrogen and oxygen atoms in total. The van der Waals surface area contributed by atoms with Crippen molar-refractivity contribution in [2.24, 2.45) is 0 Å². The van der Waals surface area contributed by atoms with Gasteiger partial charge in [0.2, 0.25) is 0 Å². The number of aromatic nitrogens is 1. The summed E-state index contributed by atoms with van der Waals surface area (Å²) in [6, 6.07) is 8.58. The van der Waals surface area contributed by atoms with Crippen molar-refractivity contribution < 1.29 is 9.13 Å². The lowest BCUT2D eigenvalue weighted by Crippen LogP contribution is -2.04. The van der Waals surface area contributed by atoms with Crippen molar-refractivity contribution in [2.75, 3.05) is 6.61 Å². The molecule has 0 aliphatic carbocycles. The van der Waals surface area contributed by atoms with Gasteiger partial charge in [0.05, 0.1) is 12.5 Å². The molecule has 2 rings (SSSR count). The largest absolute Gasteiger partial charge is 0.490 e. The highest BCUT2D eigenvalue weighted by atomic mass is 35.5. The predicted octanol–water partition coefficient (Wildman–Crippen LogP) is 3.58. The summed E-state index contributed by atoms with van der Waals surface area (Å²) in [6.07, 6.45) is 4.17. The second kappa shape index (κ2) is 6.36. The molecule has 1 aromatic heterocycles. The fourth-order valence-electron chi connectivity index (χ4n) is 1.64. The van der Waals surface area contributed by atoms with Crippen molar-refractivity contribution in [3.8, 4) is 5.75 Å². The Morgan fingerprint density at radius 2 is 2.11 bits per heavy atom. The molecule has 0 radical (unpaired) electrons. The maximum Gasteiger partial charge on any atom is 0.165 e. The van der Waals surface area contributed by atoms with E-state index in [1.165, 1.54) is 6.07 Å². The van der Waals surface area contributed by atoms with Crippen molar-refractivity contribution in [2.45, 2.75) is 12.3 Å². The molecule has 0 unspecified atom stereocenters. The highest BCUT2D eigenvalue weighted by Gasteiger charge is 2.08. The lowest BCUT2D eigenvalue weighted by atomic mass is 10.2. The van der Waals surface area contributed by atoms with Crippen LogP contribution >= 0.6 is 11.6 Å². The minimum Gasteiger partial charge on any atom is -0.490 e. The first-order valence-corrected chi connectivity index (χ1v) is 6.20. The summed E-state index contributed by atoms with van der Waals surface area (Å²) in [5, 5.41) is 0. The zero-order valence-corrected chi connectivity index (χ0v) is 10.5. The highest BCUT2D eigenvalue weighted by molar-refractivity contribution is 6.17. The van der Waals surface area contributed by atoms with E-state index in [4.69, 9.17) is 16.3 Å². The summed E-state index contributed by atoms with van der Waals surface area (Å²) in [7, 11) is 0. The number of rotatable bonds is 5. The molecular formula is C14H13ClFNO. The van der Waals surface area contributed by atoms with E-state index in [1.807, 2.05) is 12.1 Å². The summed E-state index contributed by atoms with van der Waals surface area (Å²) in [4.78, 5) is 4.01. The van der Waals surface area contributed by atoms with E-state index in [1.54, 1.807) is 24.5 Å². The molecule has 1 heterocycles. The van der Waals surface area contributed by atoms with Crippen LogP contribution in [-0.2, 0) is 12.3 Å². The molecule has 1 aromatic carbocycles. The number of pyridine rings is 1. The van der Waals surface area contributed by atoms with Crippen molar-refractivity contribution in [1.29, 1.82) is 0 Å². The number of halogens is 2. The highest BCUT2D eigenvalue weighted by Crippen LogP contribution is 2.24. The molecule has 0 bridgehead atoms. The van der Waals surface area contributed by atoms with E-state index in [0.717, 1.165) is 5.56 Å². The van der Waals surface area contributed by atoms with E-state index in [9.17, 15) is 4.39 Å². The molecule has 0 N–H and O–H groups in total. The minimum absolute atomic E-state index is 0.236. The van der Waals surface area contributed by atoms with Crippen molar-refractivity contribution in [3.63, 3.8) is 0 Å². The van der Waals surface area contributed by atoms with E-state index < -0.39 is 0 Å². The Hall–Kier alpha value is -1.61. The molecule has 94 valence electrons. The Bertz CT molecular complexity index is 504. The average molecular weight is 266 g/mol. The number of nitrogens with zero attached hydrogens (tertiary/aromatic N) is 1. The van der Waals surface area contributed by atoms with Crippen LogP contribution in [0.25, 0.3) is 0 Å². The van der Waals surface area contributed by atoms with Gasteiger partial charge in [-0.1, -0.05) is 18.2 Å². The Kier molecular flexibility index (Phi) is 4.53. The quantitative estimate of drug-likeness (QED) is 0.771. The maximum absolute atomic E-state index is 13.6. The van der Waals surface area contributed by atoms with Crippen molar-refractivity contribution >= 4 is 11.6 Å². The maximum atomic E-state index is 13.6. The Morgan fingerprint density at radius 3 is 2.83 bits per heavy atom. The van der Waals surface area contributed by atoms with Gasteiger partial charge in [0.15, 0.2) is 11.6 Å². The predicted molar refractivity (Wildman–Crippen MR) is 69.4 cm³/mol. The Morgan fingerprint density at radius 1 is 1.22 bits per heavy atom. The van der Waals surface area contributed by atoms with Gasteiger partial charge < -0.3 is 4.74 Å². The van der Waals surface area contributed by atoms with E-state index in [0.29, 0.717) is 18.6 Å². The van der Waals surface area contributed by atoms with Gasteiger partial charge in [0, 0.05) is 24.4 Å². The third-order valence-corrected chi connectivity index (χ3v) is 2.84. The van der Waals surface area contributed by atoms with E-state index in [-0.39, 0.29) is 17.4 Å². The summed E-state index contributed by atoms with van der Waals surface area (Å²) in [5.74, 6) is 0.107. The van der Waals surface area contributed by atoms with Gasteiger partial charge in [-0.2, -0.15) is 0 Å². The van der Waals surface area contributed by atoms with Gasteiger partial charge in [0.25, 0.3) is 0 Å². The summed E-state index contributed by atoms with van der Waals surface area (Å²) >= 11 is 5.74. The third kappa shape index (κ3) is 3.20. The standard InChI is InChI=1S/C14H13ClFNO/c15-9-12-4-1-5-13(16)14(12)18-8-6-11-3-2-7-17-10-11/h1-5,7,10H,6,8-9H2. The number of benzene rings is 1. The molecule has 18 heavy (non-hydrogen) atoms. The molecule has 0 amide bonds. The first-order chi connectivity index (χ1) is 8.81. The average Bonchev–Trinajstić information content (AvgIpc) is 2.41. The minimum atomic E-state index is -0.376. The fourth-order valence-corrected chi connectivity index (χ4v) is 1.85. The summed E-state index contributed by atoms with van der Waals surface area (Å²) in [5.41, 5.74) is 1.73. The van der Waals surface area contributed by atoms with E-state index >= 15 is 0 Å². The molecule has 2 aromatic rings. The van der Waals surface area contributed by atoms with Gasteiger partial charge in [0.1, 0.15) is 0 Å². The lowest BCUT2D eigenvalue weighted by molar-refractivity contribution is 0.302. The molecule has 0 aliphatic rings. The van der Waals surface area contributed by atoms with Crippen molar-refractivity contribution in [1.82, 2.24) is 4.98 Å². The molecule has 0 fully saturated rings. The van der Waals surface area contributed by atoms with Crippen LogP contribution in [0, 0.1) is 5.82 Å². The monoisotopic (exact) mass is 265 g/mol. The molecule has 0 spiro atoms. The van der Waals surface area contributed by atoms with Crippen LogP contribution in [0.2, 0.25) is 0 Å². The van der Waals surface area contributed by atoms with Gasteiger partial charge in [-0.3, -0.25) is 4.98 Å². The fraction of sp³-hybridized carbons (Fsp3) is 0.214. The number of alkyl halides is 1. The molecule has 4 heteroatoms. The van der Waals surface area contributed by atoms with Gasteiger partial charge in [-0.25, -0.2) is 4.39 Å². The Balaban J connectivity index is 1.98. The van der Waals surface area contributed by atoms with E-state index in [2.05, 4.69) is 4.98 Å². The van der Waals surface area contributed by atoms with Crippen LogP contribution in [-0.4, -0.2) is 11.6 Å². The number of ether oxygens (including phenoxy) is 1. The van der Waals surface area contributed by atoms with Crippen LogP contribution in [0.1, 0.15) is 11.1 Å². The molecule has 0 saturated carbocycles. The first-order valence-electron chi connectivity index (χ1n) is 5.66. The zero-order valence-electron chi connectivity index (χ0n) is 9.77. The number of hydrogen-bond donors (Lipinski definition) is 0. The zero-order chi connectivity index (χ0) is 12.8. The van der Waals surface area contributed by atoms with Gasteiger partial charge in [-0.15, -0.1) is 11.6 Å². The van der Waals surface area contributed by atoms with Crippen molar-refractivity contribution in [3.05, 3.63) is 59.7 Å². The summed E-state index contributed by atoms with van der Waals surface area (Å²) in [6.45, 7) is 0.399. The Labute approximate surface area is 110 Å². The first kappa shape index (κ1) is 12.8. The van der Waals surface area contributed by atoms with Crippen LogP contribution < -0.4 is 4.74 Å². The summed E-state index contributed by atoms with van der Waals surface area (Å²) < 4.78 is 19.0. The van der Waals surface area contributed by atoms with Crippen LogP contribution in [0.4, 0.5) is 4.39 Å². The molecular weight excluding hydrogens is 253 g/mol. The van der Waals surface area contributed by atoms with Crippen LogP contribution in [0.15, 0.2) is 42.7 Å². The van der Waals surface area contributed by atoms with Crippen LogP contribution in [0.3, 0.4) is 0 Å². The number of hydrogen-bond acceptors (Lipinski definition) is 2. The second-order valence-electron chi connectivity index (χ2n) is 3.82. The smallest absolute Gasteiger partial charge is 0.165 e. The molecule has 0 saturated heterocycles. The molecule has 0 atom stereocenters. The normalized spacial score (nSPS) is 10.3. The third-order valence-electron chi connectivity index (χ3n) is 2.55. The second-order valence-corrected chi connectivity index (χ2v) is 4.09. The van der Waals surface area contributed by atoms with Gasteiger partial charge >= 0.3 is 0 Å². The SMILES string of the molecule is Fc1cccc(CCl)c1OCCc1cccnc1. The number of para-hydroxylation sites is 1. The van der Waals surface area contributed by atoms with Gasteiger partial charge in [-0.05, 0) is 17.7 Å². The van der Waals surface area contributed by atoms with Crippen LogP contribution in [0.5, 0.6) is 5.75 Å². The topological polar surface area (TPSA) is 22.1 Å².